The third-order valence-electron chi connectivity index (χ3n) is 5.72. The molecule has 1 aromatic carbocycles. The smallest absolute Gasteiger partial charge is 0.0345 e. The SMILES string of the molecule is Cc1cc(NC2C3CC4CC(C3)CC2C4)ccc1Br. The van der Waals surface area contributed by atoms with Gasteiger partial charge < -0.3 is 5.32 Å². The molecule has 0 saturated heterocycles. The first-order chi connectivity index (χ1) is 9.19. The molecule has 0 atom stereocenters. The van der Waals surface area contributed by atoms with E-state index in [1.165, 1.54) is 47.8 Å². The molecule has 0 spiro atoms. The van der Waals surface area contributed by atoms with Crippen molar-refractivity contribution >= 4 is 21.6 Å². The van der Waals surface area contributed by atoms with Crippen molar-refractivity contribution in [3.8, 4) is 0 Å². The first-order valence-electron chi connectivity index (χ1n) is 7.71. The van der Waals surface area contributed by atoms with E-state index in [4.69, 9.17) is 0 Å². The first-order valence-corrected chi connectivity index (χ1v) is 8.51. The van der Waals surface area contributed by atoms with Crippen LogP contribution in [0, 0.1) is 30.6 Å². The minimum absolute atomic E-state index is 0.744. The van der Waals surface area contributed by atoms with Gasteiger partial charge in [0.2, 0.25) is 0 Å². The van der Waals surface area contributed by atoms with Gasteiger partial charge in [0.15, 0.2) is 0 Å². The monoisotopic (exact) mass is 319 g/mol. The molecule has 0 amide bonds. The summed E-state index contributed by atoms with van der Waals surface area (Å²) < 4.78 is 1.21. The molecule has 2 heteroatoms. The van der Waals surface area contributed by atoms with Gasteiger partial charge in [0.25, 0.3) is 0 Å². The Labute approximate surface area is 124 Å². The number of halogens is 1. The Bertz CT molecular complexity index is 468. The number of benzene rings is 1. The molecule has 0 radical (unpaired) electrons. The van der Waals surface area contributed by atoms with Crippen LogP contribution in [0.3, 0.4) is 0 Å². The Kier molecular flexibility index (Phi) is 2.91. The van der Waals surface area contributed by atoms with Crippen molar-refractivity contribution in [2.45, 2.75) is 45.1 Å². The van der Waals surface area contributed by atoms with Crippen molar-refractivity contribution in [3.63, 3.8) is 0 Å². The minimum Gasteiger partial charge on any atom is -0.382 e. The average molecular weight is 320 g/mol. The third-order valence-corrected chi connectivity index (χ3v) is 6.61. The van der Waals surface area contributed by atoms with E-state index in [-0.39, 0.29) is 0 Å². The van der Waals surface area contributed by atoms with E-state index in [1.807, 2.05) is 0 Å². The van der Waals surface area contributed by atoms with Gasteiger partial charge in [-0.1, -0.05) is 15.9 Å². The van der Waals surface area contributed by atoms with Gasteiger partial charge >= 0.3 is 0 Å². The fraction of sp³-hybridized carbons (Fsp3) is 0.647. The summed E-state index contributed by atoms with van der Waals surface area (Å²) in [7, 11) is 0. The van der Waals surface area contributed by atoms with Crippen LogP contribution < -0.4 is 5.32 Å². The molecule has 4 bridgehead atoms. The molecule has 1 nitrogen and oxygen atoms in total. The van der Waals surface area contributed by atoms with Gasteiger partial charge in [-0.15, -0.1) is 0 Å². The Morgan fingerprint density at radius 1 is 1.00 bits per heavy atom. The largest absolute Gasteiger partial charge is 0.382 e. The van der Waals surface area contributed by atoms with E-state index in [2.05, 4.69) is 46.4 Å². The van der Waals surface area contributed by atoms with Crippen LogP contribution in [0.2, 0.25) is 0 Å². The number of hydrogen-bond donors (Lipinski definition) is 1. The summed E-state index contributed by atoms with van der Waals surface area (Å²) in [6.07, 6.45) is 7.48. The van der Waals surface area contributed by atoms with Gasteiger partial charge in [0, 0.05) is 16.2 Å². The zero-order valence-corrected chi connectivity index (χ0v) is 13.1. The zero-order valence-electron chi connectivity index (χ0n) is 11.5. The maximum Gasteiger partial charge on any atom is 0.0345 e. The highest BCUT2D eigenvalue weighted by atomic mass is 79.9. The lowest BCUT2D eigenvalue weighted by Crippen LogP contribution is -2.51. The van der Waals surface area contributed by atoms with Gasteiger partial charge in [-0.3, -0.25) is 0 Å². The van der Waals surface area contributed by atoms with Gasteiger partial charge in [-0.05, 0) is 86.5 Å². The minimum atomic E-state index is 0.744. The summed E-state index contributed by atoms with van der Waals surface area (Å²) in [6, 6.07) is 7.43. The van der Waals surface area contributed by atoms with E-state index >= 15 is 0 Å². The second-order valence-corrected chi connectivity index (χ2v) is 7.92. The van der Waals surface area contributed by atoms with Crippen molar-refractivity contribution in [2.24, 2.45) is 23.7 Å². The lowest BCUT2D eigenvalue weighted by atomic mass is 9.54. The van der Waals surface area contributed by atoms with Crippen LogP contribution >= 0.6 is 15.9 Å². The molecule has 1 aromatic rings. The van der Waals surface area contributed by atoms with Crippen LogP contribution in [-0.4, -0.2) is 6.04 Å². The fourth-order valence-electron chi connectivity index (χ4n) is 5.09. The summed E-state index contributed by atoms with van der Waals surface area (Å²) in [4.78, 5) is 0. The van der Waals surface area contributed by atoms with Gasteiger partial charge in [-0.25, -0.2) is 0 Å². The van der Waals surface area contributed by atoms with Crippen LogP contribution in [0.15, 0.2) is 22.7 Å². The number of nitrogens with one attached hydrogen (secondary N) is 1. The summed E-state index contributed by atoms with van der Waals surface area (Å²) in [5, 5.41) is 3.87. The van der Waals surface area contributed by atoms with Crippen LogP contribution in [0.25, 0.3) is 0 Å². The number of aryl methyl sites for hydroxylation is 1. The standard InChI is InChI=1S/C17H22BrN/c1-10-4-15(2-3-16(10)18)19-17-13-6-11-5-12(8-13)9-14(17)7-11/h2-4,11-14,17,19H,5-9H2,1H3. The maximum atomic E-state index is 3.87. The second kappa shape index (κ2) is 4.51. The van der Waals surface area contributed by atoms with Crippen molar-refractivity contribution in [1.29, 1.82) is 0 Å². The predicted molar refractivity (Wildman–Crippen MR) is 83.3 cm³/mol. The average Bonchev–Trinajstić information content (AvgIpc) is 2.37. The van der Waals surface area contributed by atoms with Crippen molar-refractivity contribution in [2.75, 3.05) is 5.32 Å². The van der Waals surface area contributed by atoms with Crippen molar-refractivity contribution in [3.05, 3.63) is 28.2 Å². The molecule has 0 unspecified atom stereocenters. The lowest BCUT2D eigenvalue weighted by Gasteiger charge is -2.54. The van der Waals surface area contributed by atoms with Gasteiger partial charge in [-0.2, -0.15) is 0 Å². The predicted octanol–water partition coefficient (Wildman–Crippen LogP) is 4.99. The molecule has 102 valence electrons. The Balaban J connectivity index is 1.55. The van der Waals surface area contributed by atoms with E-state index in [0.29, 0.717) is 0 Å². The normalized spacial score (nSPS) is 39.6. The zero-order chi connectivity index (χ0) is 13.0. The number of anilines is 1. The summed E-state index contributed by atoms with van der Waals surface area (Å²) in [5.74, 6) is 4.01. The molecule has 1 N–H and O–H groups in total. The van der Waals surface area contributed by atoms with Crippen LogP contribution in [0.5, 0.6) is 0 Å². The Morgan fingerprint density at radius 2 is 1.63 bits per heavy atom. The highest BCUT2D eigenvalue weighted by Crippen LogP contribution is 2.54. The molecule has 4 aliphatic carbocycles. The van der Waals surface area contributed by atoms with Crippen LogP contribution in [0.1, 0.15) is 37.7 Å². The van der Waals surface area contributed by atoms with Crippen LogP contribution in [0.4, 0.5) is 5.69 Å². The van der Waals surface area contributed by atoms with E-state index < -0.39 is 0 Å². The molecule has 19 heavy (non-hydrogen) atoms. The molecule has 4 saturated carbocycles. The third kappa shape index (κ3) is 2.12. The van der Waals surface area contributed by atoms with Crippen molar-refractivity contribution in [1.82, 2.24) is 0 Å². The van der Waals surface area contributed by atoms with Gasteiger partial charge in [0.05, 0.1) is 0 Å². The highest BCUT2D eigenvalue weighted by Gasteiger charge is 2.48. The van der Waals surface area contributed by atoms with Crippen molar-refractivity contribution < 1.29 is 0 Å². The molecule has 0 aliphatic heterocycles. The number of hydrogen-bond acceptors (Lipinski definition) is 1. The molecular formula is C17H22BrN. The van der Waals surface area contributed by atoms with E-state index in [1.54, 1.807) is 0 Å². The Morgan fingerprint density at radius 3 is 2.21 bits per heavy atom. The molecule has 4 fully saturated rings. The highest BCUT2D eigenvalue weighted by molar-refractivity contribution is 9.10. The van der Waals surface area contributed by atoms with Crippen LogP contribution in [-0.2, 0) is 0 Å². The quantitative estimate of drug-likeness (QED) is 0.809. The second-order valence-electron chi connectivity index (χ2n) is 7.06. The topological polar surface area (TPSA) is 12.0 Å². The lowest BCUT2D eigenvalue weighted by molar-refractivity contribution is 0.00754. The summed E-state index contributed by atoms with van der Waals surface area (Å²) in [6.45, 7) is 2.17. The first kappa shape index (κ1) is 12.3. The molecule has 4 aliphatic rings. The molecule has 5 rings (SSSR count). The summed E-state index contributed by atoms with van der Waals surface area (Å²) in [5.41, 5.74) is 2.65. The molecule has 0 heterocycles. The van der Waals surface area contributed by atoms with Gasteiger partial charge in [0.1, 0.15) is 0 Å². The fourth-order valence-corrected chi connectivity index (χ4v) is 5.33. The number of rotatable bonds is 2. The maximum absolute atomic E-state index is 3.87. The summed E-state index contributed by atoms with van der Waals surface area (Å²) >= 11 is 3.59. The molecular weight excluding hydrogens is 298 g/mol. The Hall–Kier alpha value is -0.500. The van der Waals surface area contributed by atoms with E-state index in [0.717, 1.165) is 29.7 Å². The molecule has 0 aromatic heterocycles. The van der Waals surface area contributed by atoms with E-state index in [9.17, 15) is 0 Å².